The molecule has 11 heteroatoms. The number of amides is 3. The molecular formula is C32H41FN2O7S. The summed E-state index contributed by atoms with van der Waals surface area (Å²) in [6.45, 7) is 5.96. The van der Waals surface area contributed by atoms with Crippen molar-refractivity contribution in [2.75, 3.05) is 24.8 Å². The second-order valence-electron chi connectivity index (χ2n) is 11.1. The summed E-state index contributed by atoms with van der Waals surface area (Å²) in [6.07, 6.45) is 5.28. The number of unbranched alkanes of at least 4 members (excludes halogenated alkanes) is 3. The number of carbonyl (C=O) groups excluding carboxylic acids is 3. The van der Waals surface area contributed by atoms with Gasteiger partial charge >= 0.3 is 0 Å². The molecule has 1 fully saturated rings. The van der Waals surface area contributed by atoms with Gasteiger partial charge in [-0.05, 0) is 62.8 Å². The molecule has 0 bridgehead atoms. The lowest BCUT2D eigenvalue weighted by Crippen LogP contribution is -2.38. The van der Waals surface area contributed by atoms with Crippen LogP contribution in [0.1, 0.15) is 110 Å². The molecule has 0 saturated heterocycles. The van der Waals surface area contributed by atoms with E-state index in [1.807, 2.05) is 6.92 Å². The summed E-state index contributed by atoms with van der Waals surface area (Å²) in [5.41, 5.74) is 0.172. The Morgan fingerprint density at radius 1 is 1.02 bits per heavy atom. The second-order valence-corrected chi connectivity index (χ2v) is 13.4. The number of imide groups is 1. The van der Waals surface area contributed by atoms with Crippen LogP contribution in [-0.2, 0) is 21.1 Å². The molecule has 2 aliphatic rings. The van der Waals surface area contributed by atoms with Gasteiger partial charge in [-0.25, -0.2) is 12.8 Å². The third-order valence-electron chi connectivity index (χ3n) is 7.88. The number of sulfone groups is 1. The molecular weight excluding hydrogens is 575 g/mol. The minimum Gasteiger partial charge on any atom is -0.493 e. The normalized spacial score (nSPS) is 15.4. The average Bonchev–Trinajstić information content (AvgIpc) is 3.79. The van der Waals surface area contributed by atoms with E-state index < -0.39 is 50.4 Å². The topological polar surface area (TPSA) is 119 Å². The lowest BCUT2D eigenvalue weighted by atomic mass is 9.95. The van der Waals surface area contributed by atoms with Crippen molar-refractivity contribution in [1.82, 2.24) is 4.90 Å². The Morgan fingerprint density at radius 2 is 1.74 bits per heavy atom. The van der Waals surface area contributed by atoms with Crippen LogP contribution in [0.15, 0.2) is 24.3 Å². The molecule has 1 N–H and O–H groups in total. The van der Waals surface area contributed by atoms with Gasteiger partial charge in [-0.15, -0.1) is 0 Å². The fourth-order valence-corrected chi connectivity index (χ4v) is 7.46. The van der Waals surface area contributed by atoms with Crippen LogP contribution in [0.25, 0.3) is 0 Å². The maximum absolute atomic E-state index is 15.6. The summed E-state index contributed by atoms with van der Waals surface area (Å²) >= 11 is 0. The molecule has 0 unspecified atom stereocenters. The third-order valence-corrected chi connectivity index (χ3v) is 10.2. The first-order valence-corrected chi connectivity index (χ1v) is 16.8. The van der Waals surface area contributed by atoms with Gasteiger partial charge in [-0.3, -0.25) is 19.3 Å². The molecule has 0 aromatic heterocycles. The van der Waals surface area contributed by atoms with Gasteiger partial charge in [0.25, 0.3) is 11.8 Å². The Balaban J connectivity index is 1.85. The van der Waals surface area contributed by atoms with Gasteiger partial charge in [0.15, 0.2) is 21.3 Å². The van der Waals surface area contributed by atoms with Crippen LogP contribution < -0.4 is 14.8 Å². The predicted molar refractivity (Wildman–Crippen MR) is 162 cm³/mol. The zero-order valence-electron chi connectivity index (χ0n) is 25.3. The van der Waals surface area contributed by atoms with Crippen molar-refractivity contribution in [1.29, 1.82) is 0 Å². The van der Waals surface area contributed by atoms with E-state index in [0.29, 0.717) is 49.4 Å². The fraction of sp³-hybridized carbons (Fsp3) is 0.531. The average molecular weight is 617 g/mol. The first-order chi connectivity index (χ1) is 20.6. The van der Waals surface area contributed by atoms with Gasteiger partial charge in [0.2, 0.25) is 5.91 Å². The Bertz CT molecular complexity index is 1490. The first kappa shape index (κ1) is 32.4. The van der Waals surface area contributed by atoms with Crippen LogP contribution in [0.4, 0.5) is 10.1 Å². The van der Waals surface area contributed by atoms with Gasteiger partial charge in [0.05, 0.1) is 47.6 Å². The summed E-state index contributed by atoms with van der Waals surface area (Å²) in [6, 6.07) is 4.68. The highest BCUT2D eigenvalue weighted by Crippen LogP contribution is 2.42. The molecule has 1 aliphatic carbocycles. The van der Waals surface area contributed by atoms with Crippen molar-refractivity contribution in [3.8, 4) is 11.5 Å². The van der Waals surface area contributed by atoms with E-state index in [4.69, 9.17) is 9.47 Å². The third kappa shape index (κ3) is 7.03. The van der Waals surface area contributed by atoms with Gasteiger partial charge in [0.1, 0.15) is 5.82 Å². The van der Waals surface area contributed by atoms with Crippen molar-refractivity contribution in [2.24, 2.45) is 0 Å². The molecule has 1 atom stereocenters. The van der Waals surface area contributed by atoms with E-state index in [1.54, 1.807) is 25.1 Å². The molecule has 0 spiro atoms. The van der Waals surface area contributed by atoms with Crippen LogP contribution in [0.5, 0.6) is 11.5 Å². The molecule has 2 aromatic rings. The van der Waals surface area contributed by atoms with Gasteiger partial charge in [-0.1, -0.05) is 39.2 Å². The van der Waals surface area contributed by atoms with Gasteiger partial charge in [-0.2, -0.15) is 0 Å². The molecule has 0 radical (unpaired) electrons. The molecule has 1 saturated carbocycles. The highest BCUT2D eigenvalue weighted by Gasteiger charge is 2.47. The Morgan fingerprint density at radius 3 is 2.37 bits per heavy atom. The maximum atomic E-state index is 15.6. The van der Waals surface area contributed by atoms with Crippen LogP contribution >= 0.6 is 0 Å². The predicted octanol–water partition coefficient (Wildman–Crippen LogP) is 6.01. The van der Waals surface area contributed by atoms with Crippen molar-refractivity contribution in [2.45, 2.75) is 89.9 Å². The fourth-order valence-electron chi connectivity index (χ4n) is 5.55. The van der Waals surface area contributed by atoms with E-state index in [2.05, 4.69) is 12.2 Å². The van der Waals surface area contributed by atoms with E-state index in [1.165, 1.54) is 7.11 Å². The summed E-state index contributed by atoms with van der Waals surface area (Å²) in [5, 5.41) is 2.09. The van der Waals surface area contributed by atoms with E-state index >= 15 is 4.39 Å². The summed E-state index contributed by atoms with van der Waals surface area (Å²) in [7, 11) is -2.21. The molecule has 1 heterocycles. The van der Waals surface area contributed by atoms with Crippen molar-refractivity contribution in [3.63, 3.8) is 0 Å². The van der Waals surface area contributed by atoms with Crippen molar-refractivity contribution < 1.29 is 36.7 Å². The number of benzene rings is 2. The van der Waals surface area contributed by atoms with Crippen LogP contribution in [0.3, 0.4) is 0 Å². The number of anilines is 1. The summed E-state index contributed by atoms with van der Waals surface area (Å²) in [4.78, 5) is 41.9. The highest BCUT2D eigenvalue weighted by atomic mass is 32.2. The first-order valence-electron chi connectivity index (χ1n) is 15.1. The number of fused-ring (bicyclic) bond motifs is 1. The quantitative estimate of drug-likeness (QED) is 0.181. The maximum Gasteiger partial charge on any atom is 0.264 e. The monoisotopic (exact) mass is 616 g/mol. The molecule has 43 heavy (non-hydrogen) atoms. The van der Waals surface area contributed by atoms with E-state index in [0.717, 1.165) is 30.2 Å². The van der Waals surface area contributed by atoms with Crippen molar-refractivity contribution >= 4 is 33.2 Å². The number of rotatable bonds is 16. The minimum absolute atomic E-state index is 0.0855. The number of nitrogens with one attached hydrogen (secondary N) is 1. The zero-order valence-corrected chi connectivity index (χ0v) is 26.1. The Labute approximate surface area is 253 Å². The van der Waals surface area contributed by atoms with Crippen molar-refractivity contribution in [3.05, 3.63) is 52.3 Å². The van der Waals surface area contributed by atoms with Gasteiger partial charge in [0, 0.05) is 12.0 Å². The molecule has 1 aliphatic heterocycles. The highest BCUT2D eigenvalue weighted by molar-refractivity contribution is 7.92. The smallest absolute Gasteiger partial charge is 0.264 e. The van der Waals surface area contributed by atoms with E-state index in [9.17, 15) is 22.8 Å². The minimum atomic E-state index is -3.68. The number of hydrogen-bond acceptors (Lipinski definition) is 7. The summed E-state index contributed by atoms with van der Waals surface area (Å²) in [5.74, 6) is -2.39. The lowest BCUT2D eigenvalue weighted by Gasteiger charge is -2.27. The summed E-state index contributed by atoms with van der Waals surface area (Å²) < 4.78 is 53.4. The standard InChI is InChI=1S/C32H41FN2O7S/c1-5-8-9-10-12-22-23(33)18-24(34-28(36)11-6-2)30-29(22)31(37)35(32(30)38)25(19-43(39,40)21-14-15-21)20-13-16-26(41-4)27(17-20)42-7-3/h13,16-18,21,25H,5-12,14-15,19H2,1-4H3,(H,34,36)/t25-/m1/s1. The largest absolute Gasteiger partial charge is 0.493 e. The zero-order chi connectivity index (χ0) is 31.3. The molecule has 3 amide bonds. The number of ether oxygens (including phenoxy) is 2. The molecule has 9 nitrogen and oxygen atoms in total. The van der Waals surface area contributed by atoms with Crippen LogP contribution in [0, 0.1) is 5.82 Å². The number of halogens is 1. The Hall–Kier alpha value is -3.47. The number of hydrogen-bond donors (Lipinski definition) is 1. The van der Waals surface area contributed by atoms with Gasteiger partial charge < -0.3 is 14.8 Å². The molecule has 234 valence electrons. The number of carbonyl (C=O) groups is 3. The van der Waals surface area contributed by atoms with E-state index in [-0.39, 0.29) is 35.2 Å². The SMILES string of the molecule is CCCCCCc1c(F)cc(NC(=O)CCC)c2c1C(=O)N([C@H](CS(=O)(=O)C1CC1)c1ccc(OC)c(OCC)c1)C2=O. The molecule has 4 rings (SSSR count). The van der Waals surface area contributed by atoms with Crippen LogP contribution in [-0.4, -0.2) is 55.8 Å². The number of methoxy groups -OCH3 is 1. The van der Waals surface area contributed by atoms with Crippen LogP contribution in [0.2, 0.25) is 0 Å². The second kappa shape index (κ2) is 13.9. The number of nitrogens with zero attached hydrogens (tertiary/aromatic N) is 1. The lowest BCUT2D eigenvalue weighted by molar-refractivity contribution is -0.116. The Kier molecular flexibility index (Phi) is 10.5. The molecule has 2 aromatic carbocycles.